The molecule has 0 saturated heterocycles. The molecule has 116 valence electrons. The van der Waals surface area contributed by atoms with E-state index in [0.29, 0.717) is 12.0 Å². The Hall–Kier alpha value is -2.36. The molecule has 4 nitrogen and oxygen atoms in total. The maximum Gasteiger partial charge on any atom is 0.160 e. The van der Waals surface area contributed by atoms with Crippen LogP contribution in [-0.4, -0.2) is 15.3 Å². The third-order valence-electron chi connectivity index (χ3n) is 4.28. The Morgan fingerprint density at radius 3 is 2.59 bits per heavy atom. The van der Waals surface area contributed by atoms with Gasteiger partial charge in [-0.15, -0.1) is 0 Å². The molecule has 3 N–H and O–H groups in total. The predicted molar refractivity (Wildman–Crippen MR) is 83.7 cm³/mol. The molecule has 1 aliphatic heterocycles. The molecule has 0 aromatic heterocycles. The molecule has 0 radical (unpaired) electrons. The maximum absolute atomic E-state index is 9.99. The third kappa shape index (κ3) is 2.34. The summed E-state index contributed by atoms with van der Waals surface area (Å²) in [5.74, 6) is 0.790. The largest absolute Gasteiger partial charge is 0.508 e. The fourth-order valence-electron chi connectivity index (χ4n) is 3.05. The standard InChI is InChI=1S/C18H20O4/c1-3-13-14(19)6-4-11-5-7-16(22-18(11)13)12-8-10(2)17(21)15(20)9-12/h4,6,8-9,16,19-21H,3,5,7H2,1-2H3/t16-/m0/s1. The van der Waals surface area contributed by atoms with Crippen LogP contribution in [0, 0.1) is 6.92 Å². The lowest BCUT2D eigenvalue weighted by atomic mass is 9.93. The number of benzene rings is 2. The summed E-state index contributed by atoms with van der Waals surface area (Å²) in [6, 6.07) is 7.00. The molecule has 4 heteroatoms. The second-order valence-electron chi connectivity index (χ2n) is 5.76. The fraction of sp³-hybridized carbons (Fsp3) is 0.333. The van der Waals surface area contributed by atoms with E-state index in [1.54, 1.807) is 19.1 Å². The van der Waals surface area contributed by atoms with Crippen LogP contribution in [0.25, 0.3) is 0 Å². The summed E-state index contributed by atoms with van der Waals surface area (Å²) >= 11 is 0. The van der Waals surface area contributed by atoms with Gasteiger partial charge in [-0.05, 0) is 61.1 Å². The van der Waals surface area contributed by atoms with Crippen molar-refractivity contribution in [3.63, 3.8) is 0 Å². The van der Waals surface area contributed by atoms with E-state index in [1.165, 1.54) is 0 Å². The number of hydrogen-bond acceptors (Lipinski definition) is 4. The third-order valence-corrected chi connectivity index (χ3v) is 4.28. The van der Waals surface area contributed by atoms with E-state index in [0.717, 1.165) is 35.3 Å². The molecule has 2 aromatic carbocycles. The Morgan fingerprint density at radius 2 is 1.91 bits per heavy atom. The van der Waals surface area contributed by atoms with Crippen molar-refractivity contribution < 1.29 is 20.1 Å². The highest BCUT2D eigenvalue weighted by Gasteiger charge is 2.25. The first kappa shape index (κ1) is 14.6. The van der Waals surface area contributed by atoms with Gasteiger partial charge in [0.1, 0.15) is 17.6 Å². The Morgan fingerprint density at radius 1 is 1.14 bits per heavy atom. The first-order valence-electron chi connectivity index (χ1n) is 7.54. The molecule has 2 aromatic rings. The predicted octanol–water partition coefficient (Wildman–Crippen LogP) is 3.74. The highest BCUT2D eigenvalue weighted by molar-refractivity contribution is 5.52. The number of rotatable bonds is 2. The first-order valence-corrected chi connectivity index (χ1v) is 7.54. The van der Waals surface area contributed by atoms with Gasteiger partial charge in [-0.2, -0.15) is 0 Å². The van der Waals surface area contributed by atoms with E-state index >= 15 is 0 Å². The van der Waals surface area contributed by atoms with Crippen LogP contribution in [0.3, 0.4) is 0 Å². The van der Waals surface area contributed by atoms with Gasteiger partial charge in [0.25, 0.3) is 0 Å². The fourth-order valence-corrected chi connectivity index (χ4v) is 3.05. The molecule has 0 unspecified atom stereocenters. The molecule has 0 aliphatic carbocycles. The molecule has 1 aliphatic rings. The van der Waals surface area contributed by atoms with Gasteiger partial charge in [-0.1, -0.05) is 13.0 Å². The molecule has 0 saturated carbocycles. The van der Waals surface area contributed by atoms with Crippen molar-refractivity contribution in [1.82, 2.24) is 0 Å². The van der Waals surface area contributed by atoms with Crippen molar-refractivity contribution in [1.29, 1.82) is 0 Å². The van der Waals surface area contributed by atoms with Crippen molar-refractivity contribution in [2.75, 3.05) is 0 Å². The zero-order valence-corrected chi connectivity index (χ0v) is 12.8. The van der Waals surface area contributed by atoms with Crippen LogP contribution < -0.4 is 4.74 Å². The van der Waals surface area contributed by atoms with Gasteiger partial charge in [0, 0.05) is 5.56 Å². The van der Waals surface area contributed by atoms with Crippen molar-refractivity contribution in [2.24, 2.45) is 0 Å². The number of fused-ring (bicyclic) bond motifs is 1. The SMILES string of the molecule is CCc1c(O)ccc2c1O[C@H](c1cc(C)c(O)c(O)c1)CC2. The van der Waals surface area contributed by atoms with Crippen LogP contribution in [0.1, 0.15) is 41.7 Å². The molecule has 0 amide bonds. The van der Waals surface area contributed by atoms with Crippen molar-refractivity contribution in [3.05, 3.63) is 46.5 Å². The van der Waals surface area contributed by atoms with Gasteiger partial charge in [0.05, 0.1) is 0 Å². The van der Waals surface area contributed by atoms with E-state index in [4.69, 9.17) is 4.74 Å². The first-order chi connectivity index (χ1) is 10.5. The topological polar surface area (TPSA) is 69.9 Å². The normalized spacial score (nSPS) is 16.9. The van der Waals surface area contributed by atoms with Crippen LogP contribution in [0.4, 0.5) is 0 Å². The van der Waals surface area contributed by atoms with E-state index in [9.17, 15) is 15.3 Å². The number of ether oxygens (including phenoxy) is 1. The zero-order valence-electron chi connectivity index (χ0n) is 12.8. The van der Waals surface area contributed by atoms with Gasteiger partial charge in [0.15, 0.2) is 11.5 Å². The average molecular weight is 300 g/mol. The van der Waals surface area contributed by atoms with Crippen LogP contribution in [0.2, 0.25) is 0 Å². The summed E-state index contributed by atoms with van der Waals surface area (Å²) in [7, 11) is 0. The quantitative estimate of drug-likeness (QED) is 0.739. The smallest absolute Gasteiger partial charge is 0.160 e. The van der Waals surface area contributed by atoms with Crippen molar-refractivity contribution in [3.8, 4) is 23.0 Å². The number of aryl methyl sites for hydroxylation is 2. The zero-order chi connectivity index (χ0) is 15.9. The van der Waals surface area contributed by atoms with E-state index in [2.05, 4.69) is 0 Å². The summed E-state index contributed by atoms with van der Waals surface area (Å²) in [6.45, 7) is 3.73. The number of aromatic hydroxyl groups is 3. The average Bonchev–Trinajstić information content (AvgIpc) is 2.51. The summed E-state index contributed by atoms with van der Waals surface area (Å²) in [5, 5.41) is 29.5. The Kier molecular flexibility index (Phi) is 3.61. The highest BCUT2D eigenvalue weighted by Crippen LogP contribution is 2.42. The molecule has 0 bridgehead atoms. The molecular weight excluding hydrogens is 280 g/mol. The lowest BCUT2D eigenvalue weighted by molar-refractivity contribution is 0.173. The summed E-state index contributed by atoms with van der Waals surface area (Å²) in [6.07, 6.45) is 2.16. The Balaban J connectivity index is 1.99. The summed E-state index contributed by atoms with van der Waals surface area (Å²) in [4.78, 5) is 0. The van der Waals surface area contributed by atoms with E-state index < -0.39 is 0 Å². The van der Waals surface area contributed by atoms with Gasteiger partial charge >= 0.3 is 0 Å². The molecule has 0 spiro atoms. The second kappa shape index (κ2) is 5.44. The molecule has 3 rings (SSSR count). The maximum atomic E-state index is 9.99. The van der Waals surface area contributed by atoms with Crippen LogP contribution in [0.5, 0.6) is 23.0 Å². The number of phenols is 3. The molecule has 0 fully saturated rings. The molecule has 22 heavy (non-hydrogen) atoms. The number of hydrogen-bond donors (Lipinski definition) is 3. The Labute approximate surface area is 129 Å². The van der Waals surface area contributed by atoms with Crippen LogP contribution in [0.15, 0.2) is 24.3 Å². The van der Waals surface area contributed by atoms with Crippen LogP contribution in [-0.2, 0) is 12.8 Å². The second-order valence-corrected chi connectivity index (χ2v) is 5.76. The van der Waals surface area contributed by atoms with E-state index in [1.807, 2.05) is 19.1 Å². The lowest BCUT2D eigenvalue weighted by Crippen LogP contribution is -2.16. The molecular formula is C18H20O4. The van der Waals surface area contributed by atoms with Gasteiger partial charge in [0.2, 0.25) is 0 Å². The van der Waals surface area contributed by atoms with Gasteiger partial charge < -0.3 is 20.1 Å². The minimum absolute atomic E-state index is 0.0909. The van der Waals surface area contributed by atoms with Gasteiger partial charge in [-0.25, -0.2) is 0 Å². The summed E-state index contributed by atoms with van der Waals surface area (Å²) < 4.78 is 6.12. The Bertz CT molecular complexity index is 698. The number of phenolic OH excluding ortho intramolecular Hbond substituents is 3. The molecule has 1 heterocycles. The molecule has 1 atom stereocenters. The monoisotopic (exact) mass is 300 g/mol. The van der Waals surface area contributed by atoms with E-state index in [-0.39, 0.29) is 23.4 Å². The van der Waals surface area contributed by atoms with Gasteiger partial charge in [-0.3, -0.25) is 0 Å². The van der Waals surface area contributed by atoms with Crippen molar-refractivity contribution >= 4 is 0 Å². The lowest BCUT2D eigenvalue weighted by Gasteiger charge is -2.29. The highest BCUT2D eigenvalue weighted by atomic mass is 16.5. The van der Waals surface area contributed by atoms with Crippen LogP contribution >= 0.6 is 0 Å². The minimum atomic E-state index is -0.190. The van der Waals surface area contributed by atoms with Crippen molar-refractivity contribution in [2.45, 2.75) is 39.2 Å². The minimum Gasteiger partial charge on any atom is -0.508 e. The summed E-state index contributed by atoms with van der Waals surface area (Å²) in [5.41, 5.74) is 3.38.